The van der Waals surface area contributed by atoms with Crippen LogP contribution in [0.4, 0.5) is 0 Å². The molecular formula is C28H26N2O2. The number of nitrogens with zero attached hydrogens (tertiary/aromatic N) is 2. The van der Waals surface area contributed by atoms with E-state index in [1.54, 1.807) is 0 Å². The largest absolute Gasteiger partial charge is 0.489 e. The van der Waals surface area contributed by atoms with Gasteiger partial charge in [-0.2, -0.15) is 0 Å². The monoisotopic (exact) mass is 422 g/mol. The number of fused-ring (bicyclic) bond motifs is 1. The maximum absolute atomic E-state index is 6.12. The summed E-state index contributed by atoms with van der Waals surface area (Å²) < 4.78 is 14.3. The fourth-order valence-electron chi connectivity index (χ4n) is 4.04. The SMILES string of the molecule is CC1(C)C=Cc2cc(C(c3cccc(OCc4ccccc4)c3)n3ccnc3)ccc2O1. The molecule has 1 unspecified atom stereocenters. The lowest BCUT2D eigenvalue weighted by Crippen LogP contribution is -2.27. The van der Waals surface area contributed by atoms with Gasteiger partial charge in [-0.15, -0.1) is 0 Å². The van der Waals surface area contributed by atoms with Crippen LogP contribution in [0.15, 0.2) is 97.6 Å². The highest BCUT2D eigenvalue weighted by atomic mass is 16.5. The van der Waals surface area contributed by atoms with E-state index in [1.165, 1.54) is 0 Å². The lowest BCUT2D eigenvalue weighted by atomic mass is 9.94. The van der Waals surface area contributed by atoms with Gasteiger partial charge < -0.3 is 14.0 Å². The van der Waals surface area contributed by atoms with E-state index in [9.17, 15) is 0 Å². The average Bonchev–Trinajstić information content (AvgIpc) is 3.33. The highest BCUT2D eigenvalue weighted by Gasteiger charge is 2.24. The third-order valence-corrected chi connectivity index (χ3v) is 5.63. The molecule has 0 saturated heterocycles. The van der Waals surface area contributed by atoms with Crippen molar-refractivity contribution in [3.8, 4) is 11.5 Å². The normalized spacial score (nSPS) is 14.9. The van der Waals surface area contributed by atoms with E-state index in [2.05, 4.69) is 78.0 Å². The molecule has 2 heterocycles. The van der Waals surface area contributed by atoms with Crippen LogP contribution in [-0.4, -0.2) is 15.2 Å². The van der Waals surface area contributed by atoms with Gasteiger partial charge in [-0.25, -0.2) is 4.98 Å². The summed E-state index contributed by atoms with van der Waals surface area (Å²) in [6.07, 6.45) is 9.91. The van der Waals surface area contributed by atoms with Crippen molar-refractivity contribution in [3.05, 3.63) is 120 Å². The molecule has 0 bridgehead atoms. The zero-order valence-corrected chi connectivity index (χ0v) is 18.3. The second kappa shape index (κ2) is 8.39. The molecule has 0 aliphatic carbocycles. The second-order valence-electron chi connectivity index (χ2n) is 8.60. The van der Waals surface area contributed by atoms with E-state index < -0.39 is 0 Å². The number of benzene rings is 3. The highest BCUT2D eigenvalue weighted by Crippen LogP contribution is 2.36. The third-order valence-electron chi connectivity index (χ3n) is 5.63. The third kappa shape index (κ3) is 4.30. The molecule has 0 amide bonds. The summed E-state index contributed by atoms with van der Waals surface area (Å²) in [5.41, 5.74) is 4.24. The van der Waals surface area contributed by atoms with Crippen LogP contribution in [0, 0.1) is 0 Å². The van der Waals surface area contributed by atoms with Crippen molar-refractivity contribution in [3.63, 3.8) is 0 Å². The van der Waals surface area contributed by atoms with E-state index in [-0.39, 0.29) is 11.6 Å². The van der Waals surface area contributed by atoms with Gasteiger partial charge in [-0.1, -0.05) is 54.6 Å². The van der Waals surface area contributed by atoms with Crippen LogP contribution in [0.3, 0.4) is 0 Å². The first kappa shape index (κ1) is 20.1. The molecule has 1 aliphatic rings. The van der Waals surface area contributed by atoms with Crippen molar-refractivity contribution in [2.45, 2.75) is 32.1 Å². The van der Waals surface area contributed by atoms with Gasteiger partial charge in [0.2, 0.25) is 0 Å². The van der Waals surface area contributed by atoms with Crippen LogP contribution in [0.2, 0.25) is 0 Å². The van der Waals surface area contributed by atoms with Crippen LogP contribution in [0.1, 0.15) is 42.1 Å². The summed E-state index contributed by atoms with van der Waals surface area (Å²) >= 11 is 0. The average molecular weight is 423 g/mol. The Morgan fingerprint density at radius 1 is 0.969 bits per heavy atom. The molecule has 0 spiro atoms. The van der Waals surface area contributed by atoms with Crippen molar-refractivity contribution >= 4 is 6.08 Å². The van der Waals surface area contributed by atoms with Crippen LogP contribution >= 0.6 is 0 Å². The van der Waals surface area contributed by atoms with E-state index >= 15 is 0 Å². The number of rotatable bonds is 6. The van der Waals surface area contributed by atoms with Gasteiger partial charge >= 0.3 is 0 Å². The van der Waals surface area contributed by atoms with Crippen molar-refractivity contribution in [2.75, 3.05) is 0 Å². The Morgan fingerprint density at radius 2 is 1.81 bits per heavy atom. The first-order valence-electron chi connectivity index (χ1n) is 10.8. The van der Waals surface area contributed by atoms with Crippen molar-refractivity contribution in [2.24, 2.45) is 0 Å². The smallest absolute Gasteiger partial charge is 0.127 e. The Morgan fingerprint density at radius 3 is 2.62 bits per heavy atom. The quantitative estimate of drug-likeness (QED) is 0.367. The molecule has 1 atom stereocenters. The Kier molecular flexibility index (Phi) is 5.28. The van der Waals surface area contributed by atoms with Crippen LogP contribution < -0.4 is 9.47 Å². The Hall–Kier alpha value is -3.79. The summed E-state index contributed by atoms with van der Waals surface area (Å²) in [4.78, 5) is 4.29. The second-order valence-corrected chi connectivity index (χ2v) is 8.60. The fraction of sp³-hybridized carbons (Fsp3) is 0.179. The summed E-state index contributed by atoms with van der Waals surface area (Å²) in [6, 6.07) is 24.9. The summed E-state index contributed by atoms with van der Waals surface area (Å²) in [5.74, 6) is 1.75. The van der Waals surface area contributed by atoms with Gasteiger partial charge in [-0.05, 0) is 60.9 Å². The lowest BCUT2D eigenvalue weighted by Gasteiger charge is -2.29. The molecule has 4 nitrogen and oxygen atoms in total. The van der Waals surface area contributed by atoms with Crippen LogP contribution in [-0.2, 0) is 6.61 Å². The minimum atomic E-state index is -0.289. The molecule has 4 aromatic rings. The van der Waals surface area contributed by atoms with E-state index in [0.717, 1.165) is 33.8 Å². The maximum Gasteiger partial charge on any atom is 0.127 e. The molecule has 4 heteroatoms. The zero-order chi connectivity index (χ0) is 22.0. The number of ether oxygens (including phenoxy) is 2. The first-order chi connectivity index (χ1) is 15.6. The van der Waals surface area contributed by atoms with Gasteiger partial charge in [0.1, 0.15) is 23.7 Å². The molecule has 0 fully saturated rings. The molecule has 0 saturated carbocycles. The predicted octanol–water partition coefficient (Wildman–Crippen LogP) is 6.28. The number of hydrogen-bond donors (Lipinski definition) is 0. The minimum Gasteiger partial charge on any atom is -0.489 e. The minimum absolute atomic E-state index is 0.0218. The van der Waals surface area contributed by atoms with Crippen molar-refractivity contribution < 1.29 is 9.47 Å². The highest BCUT2D eigenvalue weighted by molar-refractivity contribution is 5.62. The summed E-state index contributed by atoms with van der Waals surface area (Å²) in [5, 5.41) is 0. The topological polar surface area (TPSA) is 36.3 Å². The van der Waals surface area contributed by atoms with E-state index in [1.807, 2.05) is 49.1 Å². The molecule has 0 radical (unpaired) electrons. The maximum atomic E-state index is 6.12. The van der Waals surface area contributed by atoms with Crippen molar-refractivity contribution in [1.29, 1.82) is 0 Å². The molecule has 1 aliphatic heterocycles. The van der Waals surface area contributed by atoms with Gasteiger partial charge in [0, 0.05) is 18.0 Å². The lowest BCUT2D eigenvalue weighted by molar-refractivity contribution is 0.159. The van der Waals surface area contributed by atoms with Gasteiger partial charge in [0.05, 0.1) is 12.4 Å². The molecular weight excluding hydrogens is 396 g/mol. The predicted molar refractivity (Wildman–Crippen MR) is 127 cm³/mol. The van der Waals surface area contributed by atoms with E-state index in [4.69, 9.17) is 9.47 Å². The Balaban J connectivity index is 1.47. The van der Waals surface area contributed by atoms with Crippen LogP contribution in [0.25, 0.3) is 6.08 Å². The number of imidazole rings is 1. The molecule has 160 valence electrons. The summed E-state index contributed by atoms with van der Waals surface area (Å²) in [6.45, 7) is 4.67. The molecule has 3 aromatic carbocycles. The Bertz CT molecular complexity index is 1230. The van der Waals surface area contributed by atoms with Gasteiger partial charge in [0.15, 0.2) is 0 Å². The van der Waals surface area contributed by atoms with Crippen molar-refractivity contribution in [1.82, 2.24) is 9.55 Å². The number of hydrogen-bond acceptors (Lipinski definition) is 3. The fourth-order valence-corrected chi connectivity index (χ4v) is 4.04. The first-order valence-corrected chi connectivity index (χ1v) is 10.8. The molecule has 1 aromatic heterocycles. The van der Waals surface area contributed by atoms with Crippen LogP contribution in [0.5, 0.6) is 11.5 Å². The summed E-state index contributed by atoms with van der Waals surface area (Å²) in [7, 11) is 0. The molecule has 0 N–H and O–H groups in total. The standard InChI is InChI=1S/C28H26N2O2/c1-28(2)14-13-22-17-24(11-12-26(22)32-28)27(30-16-15-29-20-30)23-9-6-10-25(18-23)31-19-21-7-4-3-5-8-21/h3-18,20,27H,19H2,1-2H3. The van der Waals surface area contributed by atoms with Gasteiger partial charge in [0.25, 0.3) is 0 Å². The van der Waals surface area contributed by atoms with E-state index in [0.29, 0.717) is 6.61 Å². The molecule has 5 rings (SSSR count). The van der Waals surface area contributed by atoms with Gasteiger partial charge in [-0.3, -0.25) is 0 Å². The Labute approximate surface area is 188 Å². The number of aromatic nitrogens is 2. The zero-order valence-electron chi connectivity index (χ0n) is 18.3. The molecule has 32 heavy (non-hydrogen) atoms.